The standard InChI is InChI=1S/C16H32NO2/c1-11-13-7-8-14(16(13,2)3)15(11)19-10-12(18)9-17(4,5)6/h11-15,18H,7-10H2,1-6H3/q+1. The van der Waals surface area contributed by atoms with Crippen LogP contribution in [-0.4, -0.2) is 56.1 Å². The first-order valence-corrected chi connectivity index (χ1v) is 7.73. The van der Waals surface area contributed by atoms with E-state index < -0.39 is 0 Å². The van der Waals surface area contributed by atoms with Crippen molar-refractivity contribution >= 4 is 0 Å². The molecule has 5 atom stereocenters. The summed E-state index contributed by atoms with van der Waals surface area (Å²) in [7, 11) is 6.31. The molecule has 2 aliphatic rings. The summed E-state index contributed by atoms with van der Waals surface area (Å²) in [4.78, 5) is 0. The zero-order valence-electron chi connectivity index (χ0n) is 13.5. The van der Waals surface area contributed by atoms with Crippen LogP contribution in [0.15, 0.2) is 0 Å². The fraction of sp³-hybridized carbons (Fsp3) is 1.00. The van der Waals surface area contributed by atoms with Crippen LogP contribution in [0.1, 0.15) is 33.6 Å². The van der Waals surface area contributed by atoms with Crippen LogP contribution < -0.4 is 0 Å². The van der Waals surface area contributed by atoms with E-state index >= 15 is 0 Å². The lowest BCUT2D eigenvalue weighted by Crippen LogP contribution is -2.44. The highest BCUT2D eigenvalue weighted by molar-refractivity contribution is 5.06. The summed E-state index contributed by atoms with van der Waals surface area (Å²) in [6, 6.07) is 0. The van der Waals surface area contributed by atoms with Crippen LogP contribution in [0.4, 0.5) is 0 Å². The zero-order valence-corrected chi connectivity index (χ0v) is 13.5. The molecule has 0 aromatic carbocycles. The Morgan fingerprint density at radius 3 is 2.26 bits per heavy atom. The van der Waals surface area contributed by atoms with Gasteiger partial charge < -0.3 is 14.3 Å². The third-order valence-corrected chi connectivity index (χ3v) is 5.49. The maximum Gasteiger partial charge on any atom is 0.126 e. The minimum absolute atomic E-state index is 0.352. The van der Waals surface area contributed by atoms with E-state index in [1.165, 1.54) is 12.8 Å². The normalized spacial score (nSPS) is 38.7. The van der Waals surface area contributed by atoms with E-state index in [0.29, 0.717) is 30.0 Å². The Labute approximate surface area is 118 Å². The fourth-order valence-electron chi connectivity index (χ4n) is 4.68. The summed E-state index contributed by atoms with van der Waals surface area (Å²) in [5, 5.41) is 10.1. The summed E-state index contributed by atoms with van der Waals surface area (Å²) >= 11 is 0. The summed E-state index contributed by atoms with van der Waals surface area (Å²) in [5.74, 6) is 2.13. The largest absolute Gasteiger partial charge is 0.385 e. The Morgan fingerprint density at radius 1 is 1.21 bits per heavy atom. The Kier molecular flexibility index (Phi) is 4.03. The molecular weight excluding hydrogens is 238 g/mol. The van der Waals surface area contributed by atoms with Crippen LogP contribution in [0.3, 0.4) is 0 Å². The highest BCUT2D eigenvalue weighted by Gasteiger charge is 2.57. The van der Waals surface area contributed by atoms with Gasteiger partial charge in [0.2, 0.25) is 0 Å². The zero-order chi connectivity index (χ0) is 14.4. The van der Waals surface area contributed by atoms with Gasteiger partial charge in [0.15, 0.2) is 0 Å². The molecule has 0 radical (unpaired) electrons. The molecule has 0 saturated heterocycles. The number of hydrogen-bond donors (Lipinski definition) is 1. The molecule has 1 N–H and O–H groups in total. The van der Waals surface area contributed by atoms with E-state index in [4.69, 9.17) is 4.74 Å². The van der Waals surface area contributed by atoms with Crippen LogP contribution in [0.25, 0.3) is 0 Å². The van der Waals surface area contributed by atoms with Crippen molar-refractivity contribution in [2.75, 3.05) is 34.3 Å². The Bertz CT molecular complexity index is 321. The van der Waals surface area contributed by atoms with E-state index in [-0.39, 0.29) is 6.10 Å². The lowest BCUT2D eigenvalue weighted by Gasteiger charge is -2.31. The van der Waals surface area contributed by atoms with Crippen LogP contribution in [0.2, 0.25) is 0 Å². The molecule has 2 bridgehead atoms. The number of fused-ring (bicyclic) bond motifs is 2. The molecule has 2 fully saturated rings. The quantitative estimate of drug-likeness (QED) is 0.776. The second-order valence-electron chi connectivity index (χ2n) is 8.40. The fourth-order valence-corrected chi connectivity index (χ4v) is 4.68. The van der Waals surface area contributed by atoms with E-state index in [2.05, 4.69) is 41.9 Å². The maximum absolute atomic E-state index is 10.1. The molecule has 0 aromatic heterocycles. The van der Waals surface area contributed by atoms with Crippen LogP contribution >= 0.6 is 0 Å². The van der Waals surface area contributed by atoms with Crippen molar-refractivity contribution in [3.8, 4) is 0 Å². The number of ether oxygens (including phenoxy) is 1. The summed E-state index contributed by atoms with van der Waals surface area (Å²) < 4.78 is 6.91. The average molecular weight is 270 g/mol. The number of aliphatic hydroxyl groups excluding tert-OH is 1. The lowest BCUT2D eigenvalue weighted by atomic mass is 9.80. The first-order chi connectivity index (χ1) is 8.63. The van der Waals surface area contributed by atoms with E-state index in [1.54, 1.807) is 0 Å². The first-order valence-electron chi connectivity index (χ1n) is 7.73. The molecule has 5 unspecified atom stereocenters. The van der Waals surface area contributed by atoms with E-state index in [0.717, 1.165) is 16.9 Å². The van der Waals surface area contributed by atoms with Gasteiger partial charge in [0, 0.05) is 0 Å². The average Bonchev–Trinajstić information content (AvgIpc) is 2.60. The second kappa shape index (κ2) is 5.01. The van der Waals surface area contributed by atoms with Gasteiger partial charge in [-0.2, -0.15) is 0 Å². The Hall–Kier alpha value is -0.120. The monoisotopic (exact) mass is 270 g/mol. The van der Waals surface area contributed by atoms with Crippen LogP contribution in [-0.2, 0) is 4.74 Å². The molecule has 2 aliphatic carbocycles. The van der Waals surface area contributed by atoms with Crippen molar-refractivity contribution in [1.82, 2.24) is 0 Å². The van der Waals surface area contributed by atoms with Gasteiger partial charge in [-0.1, -0.05) is 20.8 Å². The number of quaternary nitrogens is 1. The second-order valence-corrected chi connectivity index (χ2v) is 8.40. The number of nitrogens with zero attached hydrogens (tertiary/aromatic N) is 1. The van der Waals surface area contributed by atoms with Gasteiger partial charge in [0.1, 0.15) is 12.6 Å². The molecule has 0 heterocycles. The summed E-state index contributed by atoms with van der Waals surface area (Å²) in [6.45, 7) is 8.38. The molecule has 0 aromatic rings. The molecule has 0 amide bonds. The van der Waals surface area contributed by atoms with Gasteiger partial charge in [-0.15, -0.1) is 0 Å². The minimum Gasteiger partial charge on any atom is -0.385 e. The van der Waals surface area contributed by atoms with Crippen molar-refractivity contribution < 1.29 is 14.3 Å². The topological polar surface area (TPSA) is 29.5 Å². The highest BCUT2D eigenvalue weighted by Crippen LogP contribution is 2.60. The SMILES string of the molecule is CC1C(OCC(O)C[N+](C)(C)C)C2CCC1C2(C)C. The summed E-state index contributed by atoms with van der Waals surface area (Å²) in [6.07, 6.45) is 2.67. The highest BCUT2D eigenvalue weighted by atomic mass is 16.5. The van der Waals surface area contributed by atoms with Gasteiger partial charge in [-0.25, -0.2) is 0 Å². The van der Waals surface area contributed by atoms with Crippen molar-refractivity contribution in [3.05, 3.63) is 0 Å². The van der Waals surface area contributed by atoms with Crippen molar-refractivity contribution in [2.45, 2.75) is 45.8 Å². The molecular formula is C16H32NO2+. The van der Waals surface area contributed by atoms with Crippen LogP contribution in [0, 0.1) is 23.2 Å². The Morgan fingerprint density at radius 2 is 1.79 bits per heavy atom. The number of likely N-dealkylation sites (N-methyl/N-ethyl adjacent to an activating group) is 1. The number of hydrogen-bond acceptors (Lipinski definition) is 2. The summed E-state index contributed by atoms with van der Waals surface area (Å²) in [5.41, 5.74) is 0.426. The molecule has 2 saturated carbocycles. The number of aliphatic hydroxyl groups is 1. The maximum atomic E-state index is 10.1. The third kappa shape index (κ3) is 2.98. The van der Waals surface area contributed by atoms with E-state index in [1.807, 2.05) is 0 Å². The molecule has 0 aliphatic heterocycles. The van der Waals surface area contributed by atoms with Crippen molar-refractivity contribution in [1.29, 1.82) is 0 Å². The van der Waals surface area contributed by atoms with Gasteiger partial charge in [-0.05, 0) is 36.0 Å². The molecule has 0 spiro atoms. The van der Waals surface area contributed by atoms with Crippen molar-refractivity contribution in [3.63, 3.8) is 0 Å². The smallest absolute Gasteiger partial charge is 0.126 e. The molecule has 3 heteroatoms. The van der Waals surface area contributed by atoms with E-state index in [9.17, 15) is 5.11 Å². The molecule has 19 heavy (non-hydrogen) atoms. The minimum atomic E-state index is -0.352. The number of rotatable bonds is 5. The van der Waals surface area contributed by atoms with Gasteiger partial charge in [0.05, 0.1) is 33.9 Å². The molecule has 112 valence electrons. The Balaban J connectivity index is 1.88. The van der Waals surface area contributed by atoms with Crippen molar-refractivity contribution in [2.24, 2.45) is 23.2 Å². The third-order valence-electron chi connectivity index (χ3n) is 5.49. The predicted molar refractivity (Wildman–Crippen MR) is 77.8 cm³/mol. The predicted octanol–water partition coefficient (Wildman–Crippen LogP) is 2.14. The van der Waals surface area contributed by atoms with Gasteiger partial charge >= 0.3 is 0 Å². The van der Waals surface area contributed by atoms with Crippen LogP contribution in [0.5, 0.6) is 0 Å². The first kappa shape index (κ1) is 15.3. The molecule has 3 nitrogen and oxygen atoms in total. The van der Waals surface area contributed by atoms with Gasteiger partial charge in [-0.3, -0.25) is 0 Å². The van der Waals surface area contributed by atoms with Gasteiger partial charge in [0.25, 0.3) is 0 Å². The molecule has 2 rings (SSSR count). The lowest BCUT2D eigenvalue weighted by molar-refractivity contribution is -0.873.